The van der Waals surface area contributed by atoms with E-state index in [-0.39, 0.29) is 5.70 Å². The highest BCUT2D eigenvalue weighted by Crippen LogP contribution is 2.36. The van der Waals surface area contributed by atoms with Crippen LogP contribution in [0.5, 0.6) is 11.5 Å². The maximum absolute atomic E-state index is 12.4. The van der Waals surface area contributed by atoms with Gasteiger partial charge in [0, 0.05) is 10.6 Å². The molecule has 0 N–H and O–H groups in total. The third-order valence-electron chi connectivity index (χ3n) is 4.90. The van der Waals surface area contributed by atoms with Crippen LogP contribution in [0.1, 0.15) is 29.2 Å². The van der Waals surface area contributed by atoms with E-state index in [2.05, 4.69) is 27.6 Å². The number of nitrogens with zero attached hydrogens (tertiary/aromatic N) is 1. The van der Waals surface area contributed by atoms with Gasteiger partial charge in [-0.15, -0.1) is 0 Å². The molecule has 0 fully saturated rings. The van der Waals surface area contributed by atoms with Crippen LogP contribution in [0.4, 0.5) is 0 Å². The van der Waals surface area contributed by atoms with Crippen molar-refractivity contribution in [3.8, 4) is 11.5 Å². The van der Waals surface area contributed by atoms with Gasteiger partial charge in [-0.3, -0.25) is 0 Å². The van der Waals surface area contributed by atoms with Gasteiger partial charge < -0.3 is 14.2 Å². The van der Waals surface area contributed by atoms with E-state index in [9.17, 15) is 4.79 Å². The zero-order valence-corrected chi connectivity index (χ0v) is 21.0. The summed E-state index contributed by atoms with van der Waals surface area (Å²) in [5.74, 6) is 1.05. The van der Waals surface area contributed by atoms with E-state index in [0.717, 1.165) is 25.8 Å². The topological polar surface area (TPSA) is 57.1 Å². The number of benzene rings is 3. The molecule has 5 nitrogen and oxygen atoms in total. The number of aryl methyl sites for hydroxylation is 1. The van der Waals surface area contributed by atoms with Crippen LogP contribution in [-0.2, 0) is 16.1 Å². The van der Waals surface area contributed by atoms with Crippen LogP contribution in [0.25, 0.3) is 6.08 Å². The largest absolute Gasteiger partial charge is 0.490 e. The molecule has 0 amide bonds. The molecule has 0 atom stereocenters. The molecule has 0 saturated carbocycles. The SMILES string of the molecule is CCOc1cc(/C=C2\N=C(c3ccccc3C)OC2=O)cc(I)c1OCc1cccc(Cl)c1. The third kappa shape index (κ3) is 5.57. The van der Waals surface area contributed by atoms with Crippen LogP contribution in [0, 0.1) is 10.5 Å². The lowest BCUT2D eigenvalue weighted by Crippen LogP contribution is -2.06. The standard InChI is InChI=1S/C26H21ClINO4/c1-3-31-23-14-18(12-21(28)24(23)32-15-17-8-6-9-19(27)11-17)13-22-26(30)33-25(29-22)20-10-5-4-7-16(20)2/h4-14H,3,15H2,1-2H3/b22-13-. The molecule has 4 rings (SSSR count). The second-order valence-corrected chi connectivity index (χ2v) is 8.93. The van der Waals surface area contributed by atoms with Crippen LogP contribution < -0.4 is 9.47 Å². The molecule has 3 aromatic rings. The van der Waals surface area contributed by atoms with E-state index in [0.29, 0.717) is 35.6 Å². The normalized spacial score (nSPS) is 14.2. The quantitative estimate of drug-likeness (QED) is 0.182. The molecule has 3 aromatic carbocycles. The lowest BCUT2D eigenvalue weighted by atomic mass is 10.1. The van der Waals surface area contributed by atoms with Crippen molar-refractivity contribution in [2.45, 2.75) is 20.5 Å². The highest BCUT2D eigenvalue weighted by Gasteiger charge is 2.25. The predicted molar refractivity (Wildman–Crippen MR) is 138 cm³/mol. The van der Waals surface area contributed by atoms with E-state index in [1.165, 1.54) is 0 Å². The van der Waals surface area contributed by atoms with Crippen LogP contribution in [-0.4, -0.2) is 18.5 Å². The molecule has 0 saturated heterocycles. The highest BCUT2D eigenvalue weighted by molar-refractivity contribution is 14.1. The van der Waals surface area contributed by atoms with Crippen LogP contribution in [0.15, 0.2) is 71.4 Å². The summed E-state index contributed by atoms with van der Waals surface area (Å²) in [5.41, 5.74) is 3.74. The molecule has 7 heteroatoms. The molecule has 1 heterocycles. The van der Waals surface area contributed by atoms with Crippen molar-refractivity contribution in [3.05, 3.63) is 97.2 Å². The Balaban J connectivity index is 1.62. The Morgan fingerprint density at radius 2 is 1.91 bits per heavy atom. The first kappa shape index (κ1) is 23.3. The number of carbonyl (C=O) groups excluding carboxylic acids is 1. The highest BCUT2D eigenvalue weighted by atomic mass is 127. The first-order valence-corrected chi connectivity index (χ1v) is 11.8. The van der Waals surface area contributed by atoms with Crippen molar-refractivity contribution in [2.75, 3.05) is 6.61 Å². The van der Waals surface area contributed by atoms with E-state index in [1.54, 1.807) is 6.08 Å². The number of rotatable bonds is 7. The van der Waals surface area contributed by atoms with E-state index >= 15 is 0 Å². The molecular weight excluding hydrogens is 553 g/mol. The molecule has 0 bridgehead atoms. The smallest absolute Gasteiger partial charge is 0.363 e. The summed E-state index contributed by atoms with van der Waals surface area (Å²) in [4.78, 5) is 16.9. The number of hydrogen-bond donors (Lipinski definition) is 0. The Morgan fingerprint density at radius 1 is 1.09 bits per heavy atom. The van der Waals surface area contributed by atoms with Gasteiger partial charge in [0.15, 0.2) is 17.2 Å². The van der Waals surface area contributed by atoms with Crippen LogP contribution in [0.3, 0.4) is 0 Å². The van der Waals surface area contributed by atoms with Crippen molar-refractivity contribution >= 4 is 52.1 Å². The molecule has 0 spiro atoms. The van der Waals surface area contributed by atoms with Gasteiger partial charge in [0.1, 0.15) is 6.61 Å². The fraction of sp³-hybridized carbons (Fsp3) is 0.154. The van der Waals surface area contributed by atoms with Gasteiger partial charge in [-0.1, -0.05) is 41.9 Å². The number of aliphatic imine (C=N–C) groups is 1. The average molecular weight is 574 g/mol. The minimum atomic E-state index is -0.484. The number of ether oxygens (including phenoxy) is 3. The summed E-state index contributed by atoms with van der Waals surface area (Å²) in [5, 5.41) is 0.659. The Bertz CT molecular complexity index is 1270. The third-order valence-corrected chi connectivity index (χ3v) is 5.94. The number of esters is 1. The molecule has 0 aromatic heterocycles. The second-order valence-electron chi connectivity index (χ2n) is 7.33. The van der Waals surface area contributed by atoms with E-state index < -0.39 is 5.97 Å². The summed E-state index contributed by atoms with van der Waals surface area (Å²) >= 11 is 8.27. The van der Waals surface area contributed by atoms with E-state index in [4.69, 9.17) is 25.8 Å². The maximum atomic E-state index is 12.4. The summed E-state index contributed by atoms with van der Waals surface area (Å²) < 4.78 is 18.2. The Labute approximate surface area is 211 Å². The number of hydrogen-bond acceptors (Lipinski definition) is 5. The zero-order valence-electron chi connectivity index (χ0n) is 18.1. The minimum absolute atomic E-state index is 0.235. The molecule has 1 aliphatic heterocycles. The molecule has 33 heavy (non-hydrogen) atoms. The van der Waals surface area contributed by atoms with Gasteiger partial charge in [-0.25, -0.2) is 9.79 Å². The van der Waals surface area contributed by atoms with Crippen molar-refractivity contribution in [2.24, 2.45) is 4.99 Å². The Hall–Kier alpha value is -2.84. The lowest BCUT2D eigenvalue weighted by Gasteiger charge is -2.15. The fourth-order valence-corrected chi connectivity index (χ4v) is 4.35. The van der Waals surface area contributed by atoms with Crippen molar-refractivity contribution < 1.29 is 19.0 Å². The van der Waals surface area contributed by atoms with Gasteiger partial charge >= 0.3 is 5.97 Å². The molecule has 1 aliphatic rings. The molecular formula is C26H21ClINO4. The minimum Gasteiger partial charge on any atom is -0.490 e. The molecule has 0 radical (unpaired) electrons. The van der Waals surface area contributed by atoms with Crippen molar-refractivity contribution in [1.29, 1.82) is 0 Å². The average Bonchev–Trinajstić information content (AvgIpc) is 3.13. The fourth-order valence-electron chi connectivity index (χ4n) is 3.35. The summed E-state index contributed by atoms with van der Waals surface area (Å²) in [7, 11) is 0. The maximum Gasteiger partial charge on any atom is 0.363 e. The summed E-state index contributed by atoms with van der Waals surface area (Å²) in [6.45, 7) is 4.69. The van der Waals surface area contributed by atoms with Gasteiger partial charge in [-0.2, -0.15) is 0 Å². The number of cyclic esters (lactones) is 1. The first-order valence-electron chi connectivity index (χ1n) is 10.4. The van der Waals surface area contributed by atoms with Crippen LogP contribution in [0.2, 0.25) is 5.02 Å². The lowest BCUT2D eigenvalue weighted by molar-refractivity contribution is -0.129. The summed E-state index contributed by atoms with van der Waals surface area (Å²) in [6, 6.07) is 18.9. The van der Waals surface area contributed by atoms with Crippen molar-refractivity contribution in [1.82, 2.24) is 0 Å². The van der Waals surface area contributed by atoms with Crippen molar-refractivity contribution in [3.63, 3.8) is 0 Å². The zero-order chi connectivity index (χ0) is 23.4. The summed E-state index contributed by atoms with van der Waals surface area (Å²) in [6.07, 6.45) is 1.69. The number of carbonyl (C=O) groups is 1. The van der Waals surface area contributed by atoms with Gasteiger partial charge in [0.05, 0.1) is 10.2 Å². The van der Waals surface area contributed by atoms with E-state index in [1.807, 2.05) is 74.5 Å². The van der Waals surface area contributed by atoms with Gasteiger partial charge in [0.2, 0.25) is 5.90 Å². The van der Waals surface area contributed by atoms with Gasteiger partial charge in [0.25, 0.3) is 0 Å². The monoisotopic (exact) mass is 573 g/mol. The molecule has 168 valence electrons. The second kappa shape index (κ2) is 10.4. The Morgan fingerprint density at radius 3 is 2.67 bits per heavy atom. The van der Waals surface area contributed by atoms with Gasteiger partial charge in [-0.05, 0) is 89.5 Å². The molecule has 0 aliphatic carbocycles. The number of halogens is 2. The van der Waals surface area contributed by atoms with Crippen LogP contribution >= 0.6 is 34.2 Å². The first-order chi connectivity index (χ1) is 15.9. The molecule has 0 unspecified atom stereocenters. The Kier molecular flexibility index (Phi) is 7.35. The predicted octanol–water partition coefficient (Wildman–Crippen LogP) is 6.58.